The zero-order chi connectivity index (χ0) is 31.2. The smallest absolute Gasteiger partial charge is 0.412 e. The Hall–Kier alpha value is -4.65. The van der Waals surface area contributed by atoms with Gasteiger partial charge in [0, 0.05) is 50.3 Å². The first-order valence-electron chi connectivity index (χ1n) is 14.1. The summed E-state index contributed by atoms with van der Waals surface area (Å²) in [5.41, 5.74) is 0.0860. The Labute approximate surface area is 249 Å². The molecule has 13 heteroatoms. The summed E-state index contributed by atoms with van der Waals surface area (Å²) >= 11 is 0. The fraction of sp³-hybridized carbons (Fsp3) is 0.433. The number of methoxy groups -OCH3 is 1. The highest BCUT2D eigenvalue weighted by atomic mass is 16.6. The van der Waals surface area contributed by atoms with Crippen LogP contribution in [-0.4, -0.2) is 69.7 Å². The van der Waals surface area contributed by atoms with Crippen LogP contribution < -0.4 is 30.7 Å². The van der Waals surface area contributed by atoms with E-state index >= 15 is 0 Å². The minimum Gasteiger partial charge on any atom is -0.453 e. The number of hydrogen-bond acceptors (Lipinski definition) is 10. The number of fused-ring (bicyclic) bond motifs is 2. The molecule has 0 radical (unpaired) electrons. The maximum atomic E-state index is 12.7. The van der Waals surface area contributed by atoms with Crippen LogP contribution in [0.1, 0.15) is 56.5 Å². The molecule has 0 aliphatic rings. The molecular formula is C30H38N4O9. The number of unbranched alkanes of at least 4 members (excludes halogenated alkanes) is 2. The standard InChI is InChI=1S/C30H38N4O9/c1-19(35)10-9-13-31-16-17-34-30(39)42-25-21-11-5-6-12-22(21)26(27-23(25)18-24(41-27)20(2)36)43-29(38)33-15-8-4-7-14-32-28(37)40-3/h5-6,11-12,18,31H,4,7-10,13-17H2,1-3H3,(H,32,37)(H,33,38)(H,34,39). The number of hydrogen-bond donors (Lipinski definition) is 4. The van der Waals surface area contributed by atoms with Crippen LogP contribution in [0.3, 0.4) is 0 Å². The molecule has 13 nitrogen and oxygen atoms in total. The van der Waals surface area contributed by atoms with E-state index < -0.39 is 18.3 Å². The van der Waals surface area contributed by atoms with Gasteiger partial charge in [0.1, 0.15) is 5.78 Å². The van der Waals surface area contributed by atoms with E-state index in [0.29, 0.717) is 68.0 Å². The summed E-state index contributed by atoms with van der Waals surface area (Å²) in [6, 6.07) is 8.34. The van der Waals surface area contributed by atoms with Crippen molar-refractivity contribution >= 4 is 51.6 Å². The van der Waals surface area contributed by atoms with E-state index in [1.807, 2.05) is 0 Å². The average Bonchev–Trinajstić information content (AvgIpc) is 3.43. The van der Waals surface area contributed by atoms with E-state index in [9.17, 15) is 24.0 Å². The van der Waals surface area contributed by atoms with Crippen molar-refractivity contribution in [3.63, 3.8) is 0 Å². The van der Waals surface area contributed by atoms with Crippen LogP contribution in [0.15, 0.2) is 34.7 Å². The minimum atomic E-state index is -0.720. The molecule has 4 N–H and O–H groups in total. The van der Waals surface area contributed by atoms with E-state index in [1.54, 1.807) is 31.2 Å². The highest BCUT2D eigenvalue weighted by Gasteiger charge is 2.24. The molecule has 232 valence electrons. The first kappa shape index (κ1) is 32.9. The quantitative estimate of drug-likeness (QED) is 0.136. The number of carbonyl (C=O) groups excluding carboxylic acids is 5. The number of furan rings is 1. The van der Waals surface area contributed by atoms with Crippen LogP contribution in [0.2, 0.25) is 0 Å². The summed E-state index contributed by atoms with van der Waals surface area (Å²) in [4.78, 5) is 59.7. The number of benzene rings is 2. The molecule has 3 rings (SSSR count). The second kappa shape index (κ2) is 16.7. The monoisotopic (exact) mass is 598 g/mol. The van der Waals surface area contributed by atoms with Crippen molar-refractivity contribution in [1.82, 2.24) is 21.3 Å². The molecule has 0 aliphatic heterocycles. The summed E-state index contributed by atoms with van der Waals surface area (Å²) < 4.78 is 21.7. The van der Waals surface area contributed by atoms with Gasteiger partial charge in [-0.15, -0.1) is 0 Å². The fourth-order valence-corrected chi connectivity index (χ4v) is 4.24. The van der Waals surface area contributed by atoms with Gasteiger partial charge in [-0.3, -0.25) is 4.79 Å². The lowest BCUT2D eigenvalue weighted by Crippen LogP contribution is -2.34. The summed E-state index contributed by atoms with van der Waals surface area (Å²) in [6.07, 6.45) is 1.40. The van der Waals surface area contributed by atoms with Gasteiger partial charge in [0.2, 0.25) is 0 Å². The third-order valence-corrected chi connectivity index (χ3v) is 6.37. The van der Waals surface area contributed by atoms with E-state index in [4.69, 9.17) is 13.9 Å². The lowest BCUT2D eigenvalue weighted by molar-refractivity contribution is -0.117. The summed E-state index contributed by atoms with van der Waals surface area (Å²) in [7, 11) is 1.30. The molecule has 0 spiro atoms. The summed E-state index contributed by atoms with van der Waals surface area (Å²) in [5.74, 6) is 0.0203. The number of rotatable bonds is 16. The second-order valence-corrected chi connectivity index (χ2v) is 9.78. The molecule has 0 atom stereocenters. The lowest BCUT2D eigenvalue weighted by Gasteiger charge is -2.14. The third kappa shape index (κ3) is 9.99. The normalized spacial score (nSPS) is 10.8. The van der Waals surface area contributed by atoms with Crippen LogP contribution in [0.25, 0.3) is 21.7 Å². The van der Waals surface area contributed by atoms with E-state index in [1.165, 1.54) is 20.1 Å². The Morgan fingerprint density at radius 1 is 0.698 bits per heavy atom. The van der Waals surface area contributed by atoms with E-state index in [-0.39, 0.29) is 41.0 Å². The van der Waals surface area contributed by atoms with Gasteiger partial charge < -0.3 is 44.7 Å². The maximum Gasteiger partial charge on any atom is 0.412 e. The van der Waals surface area contributed by atoms with E-state index in [2.05, 4.69) is 26.0 Å². The number of ether oxygens (including phenoxy) is 3. The molecule has 3 aromatic rings. The second-order valence-electron chi connectivity index (χ2n) is 9.78. The molecule has 0 fully saturated rings. The number of alkyl carbamates (subject to hydrolysis) is 1. The van der Waals surface area contributed by atoms with Crippen molar-refractivity contribution in [3.8, 4) is 11.5 Å². The van der Waals surface area contributed by atoms with Gasteiger partial charge in [-0.05, 0) is 45.2 Å². The number of carbonyl (C=O) groups is 5. The first-order chi connectivity index (χ1) is 20.7. The molecule has 0 bridgehead atoms. The van der Waals surface area contributed by atoms with Crippen molar-refractivity contribution in [1.29, 1.82) is 0 Å². The lowest BCUT2D eigenvalue weighted by atomic mass is 10.1. The van der Waals surface area contributed by atoms with Crippen LogP contribution in [-0.2, 0) is 9.53 Å². The Kier molecular flexibility index (Phi) is 12.8. The van der Waals surface area contributed by atoms with Crippen LogP contribution >= 0.6 is 0 Å². The third-order valence-electron chi connectivity index (χ3n) is 6.37. The zero-order valence-electron chi connectivity index (χ0n) is 24.6. The Morgan fingerprint density at radius 3 is 1.93 bits per heavy atom. The number of amides is 3. The molecule has 3 amide bonds. The number of Topliss-reactive ketones (excluding diaryl/α,β-unsaturated/α-hetero) is 2. The van der Waals surface area contributed by atoms with E-state index in [0.717, 1.165) is 6.42 Å². The summed E-state index contributed by atoms with van der Waals surface area (Å²) in [6.45, 7) is 5.09. The van der Waals surface area contributed by atoms with Crippen molar-refractivity contribution < 1.29 is 42.6 Å². The molecule has 43 heavy (non-hydrogen) atoms. The summed E-state index contributed by atoms with van der Waals surface area (Å²) in [5, 5.41) is 12.3. The predicted octanol–water partition coefficient (Wildman–Crippen LogP) is 4.45. The molecule has 1 heterocycles. The molecule has 0 aliphatic carbocycles. The van der Waals surface area contributed by atoms with Gasteiger partial charge in [-0.2, -0.15) is 0 Å². The minimum absolute atomic E-state index is 0.0103. The van der Waals surface area contributed by atoms with Gasteiger partial charge in [-0.1, -0.05) is 24.3 Å². The number of ketones is 2. The molecule has 2 aromatic carbocycles. The van der Waals surface area contributed by atoms with Crippen molar-refractivity contribution in [2.75, 3.05) is 39.8 Å². The van der Waals surface area contributed by atoms with Gasteiger partial charge in [-0.25, -0.2) is 14.4 Å². The van der Waals surface area contributed by atoms with Crippen LogP contribution in [0, 0.1) is 0 Å². The zero-order valence-corrected chi connectivity index (χ0v) is 24.6. The molecular weight excluding hydrogens is 560 g/mol. The molecule has 1 aromatic heterocycles. The van der Waals surface area contributed by atoms with Crippen molar-refractivity contribution in [2.45, 2.75) is 46.0 Å². The highest BCUT2D eigenvalue weighted by molar-refractivity contribution is 6.12. The predicted molar refractivity (Wildman–Crippen MR) is 159 cm³/mol. The van der Waals surface area contributed by atoms with Crippen LogP contribution in [0.4, 0.5) is 14.4 Å². The van der Waals surface area contributed by atoms with Gasteiger partial charge in [0.05, 0.1) is 12.5 Å². The molecule has 0 saturated heterocycles. The maximum absolute atomic E-state index is 12.7. The molecule has 0 unspecified atom stereocenters. The highest BCUT2D eigenvalue weighted by Crippen LogP contribution is 2.44. The topological polar surface area (TPSA) is 174 Å². The Bertz CT molecular complexity index is 1450. The average molecular weight is 599 g/mol. The van der Waals surface area contributed by atoms with Crippen molar-refractivity contribution in [2.24, 2.45) is 0 Å². The van der Waals surface area contributed by atoms with Gasteiger partial charge >= 0.3 is 18.3 Å². The Morgan fingerprint density at radius 2 is 1.30 bits per heavy atom. The molecule has 0 saturated carbocycles. The van der Waals surface area contributed by atoms with Crippen LogP contribution in [0.5, 0.6) is 11.5 Å². The van der Waals surface area contributed by atoms with Gasteiger partial charge in [0.25, 0.3) is 0 Å². The largest absolute Gasteiger partial charge is 0.453 e. The Balaban J connectivity index is 1.70. The SMILES string of the molecule is COC(=O)NCCCCCNC(=O)Oc1c2ccccc2c(OC(=O)NCCNCCCC(C)=O)c2cc(C(C)=O)oc12. The first-order valence-corrected chi connectivity index (χ1v) is 14.1. The fourth-order valence-electron chi connectivity index (χ4n) is 4.24. The van der Waals surface area contributed by atoms with Gasteiger partial charge in [0.15, 0.2) is 28.6 Å². The number of nitrogens with one attached hydrogen (secondary N) is 4. The van der Waals surface area contributed by atoms with Crippen molar-refractivity contribution in [3.05, 3.63) is 36.1 Å².